The molecule has 1 aliphatic rings. The van der Waals surface area contributed by atoms with Crippen molar-refractivity contribution >= 4 is 36.5 Å². The Labute approximate surface area is 162 Å². The molecule has 8 heteroatoms. The number of rotatable bonds is 7. The van der Waals surface area contributed by atoms with Crippen LogP contribution in [0.4, 0.5) is 5.82 Å². The lowest BCUT2D eigenvalue weighted by Gasteiger charge is -2.31. The van der Waals surface area contributed by atoms with Crippen LogP contribution in [0, 0.1) is 5.41 Å². The van der Waals surface area contributed by atoms with Crippen molar-refractivity contribution in [1.29, 1.82) is 0 Å². The Balaban J connectivity index is 0.00000288. The molecule has 0 atom stereocenters. The molecule has 25 heavy (non-hydrogen) atoms. The predicted molar refractivity (Wildman–Crippen MR) is 106 cm³/mol. The summed E-state index contributed by atoms with van der Waals surface area (Å²) in [5.74, 6) is 0.962. The molecule has 2 rings (SSSR count). The molecule has 0 aliphatic carbocycles. The molecule has 1 aliphatic heterocycles. The zero-order chi connectivity index (χ0) is 16.7. The van der Waals surface area contributed by atoms with E-state index >= 15 is 0 Å². The van der Waals surface area contributed by atoms with Crippen LogP contribution in [0.15, 0.2) is 18.3 Å². The molecule has 0 bridgehead atoms. The van der Waals surface area contributed by atoms with Gasteiger partial charge in [-0.1, -0.05) is 19.9 Å². The van der Waals surface area contributed by atoms with Crippen molar-refractivity contribution in [2.45, 2.75) is 33.2 Å². The van der Waals surface area contributed by atoms with Crippen molar-refractivity contribution < 1.29 is 9.53 Å². The summed E-state index contributed by atoms with van der Waals surface area (Å²) in [6.45, 7) is 7.95. The fourth-order valence-electron chi connectivity index (χ4n) is 2.94. The second kappa shape index (κ2) is 11.5. The molecule has 0 saturated carbocycles. The predicted octanol–water partition coefficient (Wildman–Crippen LogP) is 2.14. The first kappa shape index (κ1) is 23.9. The molecule has 3 N–H and O–H groups in total. The van der Waals surface area contributed by atoms with Gasteiger partial charge < -0.3 is 20.7 Å². The van der Waals surface area contributed by atoms with Gasteiger partial charge in [0, 0.05) is 37.9 Å². The van der Waals surface area contributed by atoms with Gasteiger partial charge in [0.25, 0.3) is 0 Å². The summed E-state index contributed by atoms with van der Waals surface area (Å²) >= 11 is 0. The number of carbonyl (C=O) groups excluding carboxylic acids is 1. The van der Waals surface area contributed by atoms with Crippen LogP contribution in [0.25, 0.3) is 0 Å². The van der Waals surface area contributed by atoms with Crippen LogP contribution >= 0.6 is 24.8 Å². The summed E-state index contributed by atoms with van der Waals surface area (Å²) in [6, 6.07) is 3.92. The van der Waals surface area contributed by atoms with E-state index in [4.69, 9.17) is 10.5 Å². The number of carbonyl (C=O) groups is 1. The van der Waals surface area contributed by atoms with E-state index in [0.29, 0.717) is 26.3 Å². The molecule has 1 aromatic heterocycles. The molecular formula is C17H30Cl2N4O2. The number of nitrogens with two attached hydrogens (primary N) is 1. The molecule has 0 unspecified atom stereocenters. The second-order valence-electron chi connectivity index (χ2n) is 5.96. The van der Waals surface area contributed by atoms with Gasteiger partial charge in [0.1, 0.15) is 5.82 Å². The molecule has 2 heterocycles. The third-order valence-electron chi connectivity index (χ3n) is 4.84. The van der Waals surface area contributed by atoms with Crippen LogP contribution in [0.1, 0.15) is 32.3 Å². The van der Waals surface area contributed by atoms with Gasteiger partial charge in [-0.3, -0.25) is 4.79 Å². The van der Waals surface area contributed by atoms with Crippen LogP contribution in [-0.2, 0) is 16.1 Å². The van der Waals surface area contributed by atoms with E-state index in [1.165, 1.54) is 0 Å². The number of nitrogens with zero attached hydrogens (tertiary/aromatic N) is 2. The van der Waals surface area contributed by atoms with Gasteiger partial charge in [0.15, 0.2) is 0 Å². The minimum atomic E-state index is -0.471. The van der Waals surface area contributed by atoms with Crippen LogP contribution in [-0.4, -0.2) is 43.7 Å². The standard InChI is InChI=1S/C17H28N4O2.2ClH/c1-3-17(4-2,13-18)16(22)20-12-14-6-5-7-19-15(14)21-8-10-23-11-9-21;;/h5-7H,3-4,8-13,18H2,1-2H3,(H,20,22);2*1H. The van der Waals surface area contributed by atoms with E-state index in [1.54, 1.807) is 6.20 Å². The Kier molecular flexibility index (Phi) is 11.0. The number of halogens is 2. The number of nitrogens with one attached hydrogen (secondary N) is 1. The number of aromatic nitrogens is 1. The molecule has 1 aromatic rings. The second-order valence-corrected chi connectivity index (χ2v) is 5.96. The number of pyridine rings is 1. The van der Waals surface area contributed by atoms with Crippen molar-refractivity contribution in [2.75, 3.05) is 37.7 Å². The summed E-state index contributed by atoms with van der Waals surface area (Å²) in [5, 5.41) is 3.06. The van der Waals surface area contributed by atoms with Crippen molar-refractivity contribution in [1.82, 2.24) is 10.3 Å². The van der Waals surface area contributed by atoms with Gasteiger partial charge in [0.05, 0.1) is 18.6 Å². The zero-order valence-electron chi connectivity index (χ0n) is 15.0. The minimum absolute atomic E-state index is 0. The summed E-state index contributed by atoms with van der Waals surface area (Å²) in [6.07, 6.45) is 3.28. The van der Waals surface area contributed by atoms with Crippen molar-refractivity contribution in [3.63, 3.8) is 0 Å². The average Bonchev–Trinajstić information content (AvgIpc) is 2.63. The van der Waals surface area contributed by atoms with Crippen LogP contribution in [0.2, 0.25) is 0 Å². The fraction of sp³-hybridized carbons (Fsp3) is 0.647. The maximum Gasteiger partial charge on any atom is 0.227 e. The SMILES string of the molecule is CCC(CC)(CN)C(=O)NCc1cccnc1N1CCOCC1.Cl.Cl. The van der Waals surface area contributed by atoms with Crippen molar-refractivity contribution in [3.8, 4) is 0 Å². The molecule has 1 saturated heterocycles. The van der Waals surface area contributed by atoms with Crippen molar-refractivity contribution in [3.05, 3.63) is 23.9 Å². The molecule has 6 nitrogen and oxygen atoms in total. The highest BCUT2D eigenvalue weighted by molar-refractivity contribution is 5.85. The van der Waals surface area contributed by atoms with E-state index in [9.17, 15) is 4.79 Å². The molecule has 0 radical (unpaired) electrons. The fourth-order valence-corrected chi connectivity index (χ4v) is 2.94. The van der Waals surface area contributed by atoms with Gasteiger partial charge >= 0.3 is 0 Å². The number of morpholine rings is 1. The van der Waals surface area contributed by atoms with Gasteiger partial charge in [-0.15, -0.1) is 24.8 Å². The number of hydrogen-bond acceptors (Lipinski definition) is 5. The quantitative estimate of drug-likeness (QED) is 0.742. The number of anilines is 1. The van der Waals surface area contributed by atoms with Crippen LogP contribution in [0.3, 0.4) is 0 Å². The largest absolute Gasteiger partial charge is 0.378 e. The van der Waals surface area contributed by atoms with E-state index in [1.807, 2.05) is 26.0 Å². The highest BCUT2D eigenvalue weighted by Crippen LogP contribution is 2.25. The maximum absolute atomic E-state index is 12.6. The van der Waals surface area contributed by atoms with E-state index in [2.05, 4.69) is 15.2 Å². The van der Waals surface area contributed by atoms with Gasteiger partial charge in [-0.05, 0) is 18.9 Å². The van der Waals surface area contributed by atoms with E-state index in [-0.39, 0.29) is 30.7 Å². The highest BCUT2D eigenvalue weighted by Gasteiger charge is 2.33. The van der Waals surface area contributed by atoms with Gasteiger partial charge in [-0.2, -0.15) is 0 Å². The summed E-state index contributed by atoms with van der Waals surface area (Å²) in [4.78, 5) is 19.3. The minimum Gasteiger partial charge on any atom is -0.378 e. The summed E-state index contributed by atoms with van der Waals surface area (Å²) < 4.78 is 5.39. The molecule has 1 fully saturated rings. The molecule has 0 spiro atoms. The third-order valence-corrected chi connectivity index (χ3v) is 4.84. The van der Waals surface area contributed by atoms with E-state index in [0.717, 1.165) is 37.3 Å². The topological polar surface area (TPSA) is 80.5 Å². The lowest BCUT2D eigenvalue weighted by molar-refractivity contribution is -0.131. The number of ether oxygens (including phenoxy) is 1. The van der Waals surface area contributed by atoms with Crippen LogP contribution in [0.5, 0.6) is 0 Å². The maximum atomic E-state index is 12.6. The lowest BCUT2D eigenvalue weighted by atomic mass is 9.81. The molecule has 0 aromatic carbocycles. The lowest BCUT2D eigenvalue weighted by Crippen LogP contribution is -2.45. The van der Waals surface area contributed by atoms with Gasteiger partial charge in [0.2, 0.25) is 5.91 Å². The summed E-state index contributed by atoms with van der Waals surface area (Å²) in [5.41, 5.74) is 6.41. The number of hydrogen-bond donors (Lipinski definition) is 2. The first-order chi connectivity index (χ1) is 11.2. The first-order valence-electron chi connectivity index (χ1n) is 8.41. The normalized spacial score (nSPS) is 14.3. The zero-order valence-corrected chi connectivity index (χ0v) is 16.6. The Hall–Kier alpha value is -1.08. The highest BCUT2D eigenvalue weighted by atomic mass is 35.5. The molecular weight excluding hydrogens is 363 g/mol. The Morgan fingerprint density at radius 2 is 1.96 bits per heavy atom. The number of amides is 1. The van der Waals surface area contributed by atoms with Crippen LogP contribution < -0.4 is 16.0 Å². The Morgan fingerprint density at radius 3 is 2.52 bits per heavy atom. The average molecular weight is 393 g/mol. The Morgan fingerprint density at radius 1 is 1.32 bits per heavy atom. The van der Waals surface area contributed by atoms with Crippen molar-refractivity contribution in [2.24, 2.45) is 11.1 Å². The monoisotopic (exact) mass is 392 g/mol. The molecule has 1 amide bonds. The first-order valence-corrected chi connectivity index (χ1v) is 8.41. The van der Waals surface area contributed by atoms with Gasteiger partial charge in [-0.25, -0.2) is 4.98 Å². The van der Waals surface area contributed by atoms with E-state index < -0.39 is 5.41 Å². The third kappa shape index (κ3) is 5.71. The smallest absolute Gasteiger partial charge is 0.227 e. The Bertz CT molecular complexity index is 513. The molecule has 144 valence electrons. The summed E-state index contributed by atoms with van der Waals surface area (Å²) in [7, 11) is 0.